The van der Waals surface area contributed by atoms with Crippen LogP contribution in [0.25, 0.3) is 0 Å². The largest absolute Gasteiger partial charge is 0.445 e. The highest BCUT2D eigenvalue weighted by Gasteiger charge is 2.39. The monoisotopic (exact) mass is 198 g/mol. The van der Waals surface area contributed by atoms with Gasteiger partial charge in [-0.1, -0.05) is 6.08 Å². The van der Waals surface area contributed by atoms with Crippen LogP contribution in [0.2, 0.25) is 0 Å². The zero-order valence-corrected chi connectivity index (χ0v) is 6.59. The molecule has 1 rings (SSSR count). The fourth-order valence-electron chi connectivity index (χ4n) is 1.14. The van der Waals surface area contributed by atoms with Crippen LogP contribution in [0, 0.1) is 0 Å². The summed E-state index contributed by atoms with van der Waals surface area (Å²) in [7, 11) is 0. The second kappa shape index (κ2) is 3.47. The van der Waals surface area contributed by atoms with Crippen LogP contribution >= 0.6 is 0 Å². The van der Waals surface area contributed by atoms with Gasteiger partial charge in [-0.25, -0.2) is 4.39 Å². The van der Waals surface area contributed by atoms with Gasteiger partial charge in [0.15, 0.2) is 5.83 Å². The van der Waals surface area contributed by atoms with Crippen molar-refractivity contribution < 1.29 is 22.0 Å². The van der Waals surface area contributed by atoms with E-state index < -0.39 is 17.8 Å². The predicted molar refractivity (Wildman–Crippen MR) is 37.2 cm³/mol. The van der Waals surface area contributed by atoms with E-state index in [1.807, 2.05) is 0 Å². The Morgan fingerprint density at radius 1 is 1.23 bits per heavy atom. The van der Waals surface area contributed by atoms with Crippen molar-refractivity contribution in [2.75, 3.05) is 0 Å². The number of hydrogen-bond donors (Lipinski definition) is 0. The molecule has 1 aliphatic carbocycles. The minimum absolute atomic E-state index is 0.171. The summed E-state index contributed by atoms with van der Waals surface area (Å²) in [6.07, 6.45) is -2.66. The Morgan fingerprint density at radius 2 is 1.85 bits per heavy atom. The molecule has 0 saturated heterocycles. The van der Waals surface area contributed by atoms with Crippen molar-refractivity contribution in [1.29, 1.82) is 0 Å². The topological polar surface area (TPSA) is 0 Å². The van der Waals surface area contributed by atoms with Crippen LogP contribution in [-0.2, 0) is 0 Å². The first-order valence-electron chi connectivity index (χ1n) is 3.75. The van der Waals surface area contributed by atoms with E-state index in [0.717, 1.165) is 0 Å². The van der Waals surface area contributed by atoms with E-state index in [9.17, 15) is 22.0 Å². The van der Waals surface area contributed by atoms with Crippen molar-refractivity contribution in [1.82, 2.24) is 0 Å². The summed E-state index contributed by atoms with van der Waals surface area (Å²) in [5.74, 6) is -4.38. The lowest BCUT2D eigenvalue weighted by Gasteiger charge is -2.05. The van der Waals surface area contributed by atoms with Gasteiger partial charge >= 0.3 is 6.18 Å². The Hall–Kier alpha value is -0.870. The van der Waals surface area contributed by atoms with Crippen LogP contribution < -0.4 is 0 Å². The van der Waals surface area contributed by atoms with E-state index in [2.05, 4.69) is 0 Å². The molecule has 0 N–H and O–H groups in total. The molecule has 0 nitrogen and oxygen atoms in total. The van der Waals surface area contributed by atoms with Crippen LogP contribution in [0.4, 0.5) is 22.0 Å². The lowest BCUT2D eigenvalue weighted by molar-refractivity contribution is -0.110. The molecular weight excluding hydrogens is 191 g/mol. The van der Waals surface area contributed by atoms with Gasteiger partial charge in [0.1, 0.15) is 0 Å². The highest BCUT2D eigenvalue weighted by atomic mass is 19.4. The Balaban J connectivity index is 2.91. The van der Waals surface area contributed by atoms with Gasteiger partial charge in [-0.3, -0.25) is 0 Å². The van der Waals surface area contributed by atoms with Crippen LogP contribution in [0.5, 0.6) is 0 Å². The van der Waals surface area contributed by atoms with Crippen molar-refractivity contribution in [2.24, 2.45) is 0 Å². The smallest absolute Gasteiger partial charge is 0.203 e. The standard InChI is InChI=1S/C8H7F5/c9-6(5-3-1-2-4-5)7(10)8(11,12)13/h3H,1-2,4H2/b7-6-. The first kappa shape index (κ1) is 10.2. The van der Waals surface area contributed by atoms with Gasteiger partial charge < -0.3 is 0 Å². The molecular formula is C8H7F5. The summed E-state index contributed by atoms with van der Waals surface area (Å²) in [5.41, 5.74) is -0.171. The molecule has 0 aliphatic heterocycles. The van der Waals surface area contributed by atoms with Crippen molar-refractivity contribution in [2.45, 2.75) is 25.4 Å². The summed E-state index contributed by atoms with van der Waals surface area (Å²) in [6, 6.07) is 0. The normalized spacial score (nSPS) is 19.9. The highest BCUT2D eigenvalue weighted by molar-refractivity contribution is 5.31. The second-order valence-corrected chi connectivity index (χ2v) is 2.75. The molecule has 0 fully saturated rings. The summed E-state index contributed by atoms with van der Waals surface area (Å²) in [4.78, 5) is 0. The molecule has 13 heavy (non-hydrogen) atoms. The SMILES string of the molecule is F/C(C1=CCCC1)=C(\F)C(F)(F)F. The molecule has 0 aromatic rings. The minimum Gasteiger partial charge on any atom is -0.203 e. The highest BCUT2D eigenvalue weighted by Crippen LogP contribution is 2.35. The first-order chi connectivity index (χ1) is 5.93. The fraction of sp³-hybridized carbons (Fsp3) is 0.500. The van der Waals surface area contributed by atoms with Gasteiger partial charge in [-0.2, -0.15) is 17.6 Å². The second-order valence-electron chi connectivity index (χ2n) is 2.75. The van der Waals surface area contributed by atoms with Crippen LogP contribution in [0.1, 0.15) is 19.3 Å². The number of alkyl halides is 3. The van der Waals surface area contributed by atoms with E-state index >= 15 is 0 Å². The summed E-state index contributed by atoms with van der Waals surface area (Å²) in [6.45, 7) is 0. The maximum atomic E-state index is 12.7. The van der Waals surface area contributed by atoms with Gasteiger partial charge in [0.25, 0.3) is 0 Å². The Labute approximate surface area is 71.7 Å². The van der Waals surface area contributed by atoms with Gasteiger partial charge in [-0.05, 0) is 24.8 Å². The third kappa shape index (κ3) is 2.29. The predicted octanol–water partition coefficient (Wildman–Crippen LogP) is 3.81. The molecule has 74 valence electrons. The van der Waals surface area contributed by atoms with E-state index in [0.29, 0.717) is 12.8 Å². The van der Waals surface area contributed by atoms with E-state index in [1.165, 1.54) is 6.08 Å². The van der Waals surface area contributed by atoms with E-state index in [-0.39, 0.29) is 12.0 Å². The van der Waals surface area contributed by atoms with Crippen LogP contribution in [0.15, 0.2) is 23.3 Å². The molecule has 0 spiro atoms. The Bertz CT molecular complexity index is 258. The maximum Gasteiger partial charge on any atom is 0.445 e. The van der Waals surface area contributed by atoms with Gasteiger partial charge in [0, 0.05) is 0 Å². The lowest BCUT2D eigenvalue weighted by atomic mass is 10.2. The average molecular weight is 198 g/mol. The van der Waals surface area contributed by atoms with Gasteiger partial charge in [0.05, 0.1) is 0 Å². The molecule has 1 aliphatic rings. The third-order valence-corrected chi connectivity index (χ3v) is 1.76. The molecule has 0 unspecified atom stereocenters. The molecule has 0 bridgehead atoms. The van der Waals surface area contributed by atoms with Gasteiger partial charge in [0.2, 0.25) is 5.83 Å². The Morgan fingerprint density at radius 3 is 2.23 bits per heavy atom. The molecule has 5 heteroatoms. The van der Waals surface area contributed by atoms with Crippen LogP contribution in [-0.4, -0.2) is 6.18 Å². The summed E-state index contributed by atoms with van der Waals surface area (Å²) in [5, 5.41) is 0. The first-order valence-corrected chi connectivity index (χ1v) is 3.75. The molecule has 0 aromatic heterocycles. The molecule has 0 amide bonds. The third-order valence-electron chi connectivity index (χ3n) is 1.76. The number of halogens is 5. The van der Waals surface area contributed by atoms with Crippen molar-refractivity contribution in [3.63, 3.8) is 0 Å². The summed E-state index contributed by atoms with van der Waals surface area (Å²) >= 11 is 0. The fourth-order valence-corrected chi connectivity index (χ4v) is 1.14. The number of allylic oxidation sites excluding steroid dienone is 4. The maximum absolute atomic E-state index is 12.7. The number of rotatable bonds is 1. The number of hydrogen-bond acceptors (Lipinski definition) is 0. The average Bonchev–Trinajstić information content (AvgIpc) is 2.51. The molecule has 0 atom stereocenters. The zero-order chi connectivity index (χ0) is 10.1. The van der Waals surface area contributed by atoms with Gasteiger partial charge in [-0.15, -0.1) is 0 Å². The van der Waals surface area contributed by atoms with Crippen molar-refractivity contribution in [3.05, 3.63) is 23.3 Å². The van der Waals surface area contributed by atoms with E-state index in [4.69, 9.17) is 0 Å². The zero-order valence-electron chi connectivity index (χ0n) is 6.59. The van der Waals surface area contributed by atoms with Crippen molar-refractivity contribution >= 4 is 0 Å². The molecule has 0 radical (unpaired) electrons. The minimum atomic E-state index is -5.21. The molecule has 0 heterocycles. The molecule has 0 aromatic carbocycles. The van der Waals surface area contributed by atoms with Crippen LogP contribution in [0.3, 0.4) is 0 Å². The Kier molecular flexibility index (Phi) is 2.73. The quantitative estimate of drug-likeness (QED) is 0.562. The lowest BCUT2D eigenvalue weighted by Crippen LogP contribution is -2.10. The van der Waals surface area contributed by atoms with Crippen molar-refractivity contribution in [3.8, 4) is 0 Å². The summed E-state index contributed by atoms with van der Waals surface area (Å²) < 4.78 is 60.0. The molecule has 0 saturated carbocycles. The van der Waals surface area contributed by atoms with E-state index in [1.54, 1.807) is 0 Å².